The highest BCUT2D eigenvalue weighted by atomic mass is 16.3. The van der Waals surface area contributed by atoms with Gasteiger partial charge in [-0.15, -0.1) is 0 Å². The number of phenols is 1. The molecule has 11 nitrogen and oxygen atoms in total. The molecule has 1 aromatic heterocycles. The number of nitrogens with one attached hydrogen (secondary N) is 1. The van der Waals surface area contributed by atoms with Crippen LogP contribution in [0.2, 0.25) is 0 Å². The Kier molecular flexibility index (Phi) is 8.75. The van der Waals surface area contributed by atoms with Gasteiger partial charge in [0.15, 0.2) is 0 Å². The van der Waals surface area contributed by atoms with Gasteiger partial charge in [-0.05, 0) is 52.9 Å². The van der Waals surface area contributed by atoms with Gasteiger partial charge in [0.1, 0.15) is 18.0 Å². The molecule has 0 spiro atoms. The van der Waals surface area contributed by atoms with Crippen LogP contribution in [0.25, 0.3) is 10.9 Å². The van der Waals surface area contributed by atoms with Crippen molar-refractivity contribution in [3.8, 4) is 5.75 Å². The predicted molar refractivity (Wildman–Crippen MR) is 185 cm³/mol. The van der Waals surface area contributed by atoms with Crippen molar-refractivity contribution in [2.24, 2.45) is 0 Å². The van der Waals surface area contributed by atoms with Gasteiger partial charge in [0, 0.05) is 31.9 Å². The Bertz CT molecular complexity index is 1990. The smallest absolute Gasteiger partial charge is 0.334 e. The van der Waals surface area contributed by atoms with E-state index in [2.05, 4.69) is 24.4 Å². The van der Waals surface area contributed by atoms with Crippen LogP contribution in [0.5, 0.6) is 5.75 Å². The average molecular weight is 658 g/mol. The molecule has 0 bridgehead atoms. The van der Waals surface area contributed by atoms with E-state index in [0.717, 1.165) is 27.6 Å². The lowest BCUT2D eigenvalue weighted by atomic mass is 9.98. The second kappa shape index (κ2) is 13.4. The van der Waals surface area contributed by atoms with Crippen LogP contribution in [-0.4, -0.2) is 84.9 Å². The van der Waals surface area contributed by atoms with E-state index in [0.29, 0.717) is 13.1 Å². The Hall–Kier alpha value is -5.68. The van der Waals surface area contributed by atoms with Crippen LogP contribution in [0.1, 0.15) is 27.8 Å². The summed E-state index contributed by atoms with van der Waals surface area (Å²) in [6.07, 6.45) is 1.35. The summed E-state index contributed by atoms with van der Waals surface area (Å²) in [5.41, 5.74) is 6.00. The van der Waals surface area contributed by atoms with E-state index in [-0.39, 0.29) is 49.7 Å². The minimum absolute atomic E-state index is 0.0476. The number of benzene rings is 4. The molecule has 2 atom stereocenters. The first-order valence-corrected chi connectivity index (χ1v) is 16.4. The third-order valence-electron chi connectivity index (χ3n) is 9.52. The standard InChI is InChI=1S/C38H39N7O4/c1-26-9-6-7-12-29(26)23-43-33-14-8-13-30(32(33)21-40-43)22-42-24-35-44(34(37(42)48)19-27-15-17-31(46)18-16-27)36(47)25-41(2)45(35)38(49)39-20-28-10-4-3-5-11-28/h3-18,21,34-35,46H,19-20,22-25H2,1-2H3,(H,39,49)/t34-,35-/m0/s1. The molecular weight excluding hydrogens is 618 g/mol. The lowest BCUT2D eigenvalue weighted by Crippen LogP contribution is -2.76. The number of piperazine rings is 1. The lowest BCUT2D eigenvalue weighted by Gasteiger charge is -2.54. The van der Waals surface area contributed by atoms with Gasteiger partial charge in [-0.25, -0.2) is 14.8 Å². The second-order valence-corrected chi connectivity index (χ2v) is 12.8. The van der Waals surface area contributed by atoms with Gasteiger partial charge in [-0.1, -0.05) is 78.9 Å². The van der Waals surface area contributed by atoms with Crippen LogP contribution in [0.15, 0.2) is 103 Å². The third kappa shape index (κ3) is 6.44. The van der Waals surface area contributed by atoms with Gasteiger partial charge in [-0.3, -0.25) is 14.3 Å². The molecule has 2 N–H and O–H groups in total. The summed E-state index contributed by atoms with van der Waals surface area (Å²) in [6.45, 7) is 3.39. The van der Waals surface area contributed by atoms with E-state index >= 15 is 0 Å². The molecule has 2 fully saturated rings. The Morgan fingerprint density at radius 1 is 0.878 bits per heavy atom. The molecule has 0 aliphatic carbocycles. The molecule has 11 heteroatoms. The highest BCUT2D eigenvalue weighted by Crippen LogP contribution is 2.30. The first-order chi connectivity index (χ1) is 23.8. The molecule has 49 heavy (non-hydrogen) atoms. The van der Waals surface area contributed by atoms with Crippen molar-refractivity contribution < 1.29 is 19.5 Å². The number of hydrazine groups is 1. The molecular formula is C38H39N7O4. The van der Waals surface area contributed by atoms with E-state index in [4.69, 9.17) is 5.10 Å². The van der Waals surface area contributed by atoms with Crippen LogP contribution >= 0.6 is 0 Å². The summed E-state index contributed by atoms with van der Waals surface area (Å²) < 4.78 is 1.97. The van der Waals surface area contributed by atoms with E-state index in [9.17, 15) is 19.5 Å². The lowest BCUT2D eigenvalue weighted by molar-refractivity contribution is -0.187. The van der Waals surface area contributed by atoms with Crippen molar-refractivity contribution >= 4 is 28.7 Å². The van der Waals surface area contributed by atoms with Gasteiger partial charge < -0.3 is 20.2 Å². The molecule has 0 unspecified atom stereocenters. The van der Waals surface area contributed by atoms with Crippen molar-refractivity contribution in [3.05, 3.63) is 131 Å². The van der Waals surface area contributed by atoms with Crippen LogP contribution in [0.3, 0.4) is 0 Å². The van der Waals surface area contributed by atoms with Gasteiger partial charge >= 0.3 is 6.03 Å². The first-order valence-electron chi connectivity index (χ1n) is 16.4. The van der Waals surface area contributed by atoms with Crippen molar-refractivity contribution in [1.82, 2.24) is 34.9 Å². The number of phenolic OH excluding ortho intramolecular Hbond substituents is 1. The number of rotatable bonds is 8. The zero-order valence-electron chi connectivity index (χ0n) is 27.6. The number of fused-ring (bicyclic) bond motifs is 2. The quantitative estimate of drug-likeness (QED) is 0.258. The summed E-state index contributed by atoms with van der Waals surface area (Å²) in [7, 11) is 1.72. The molecule has 2 saturated heterocycles. The van der Waals surface area contributed by atoms with E-state index < -0.39 is 12.2 Å². The summed E-state index contributed by atoms with van der Waals surface area (Å²) >= 11 is 0. The van der Waals surface area contributed by atoms with Crippen LogP contribution in [0, 0.1) is 6.92 Å². The van der Waals surface area contributed by atoms with E-state index in [1.165, 1.54) is 11.1 Å². The molecule has 5 aromatic rings. The molecule has 2 aliphatic heterocycles. The number of aryl methyl sites for hydroxylation is 1. The first kappa shape index (κ1) is 31.9. The zero-order chi connectivity index (χ0) is 34.1. The van der Waals surface area contributed by atoms with Crippen molar-refractivity contribution in [2.75, 3.05) is 20.1 Å². The van der Waals surface area contributed by atoms with Crippen molar-refractivity contribution in [2.45, 2.75) is 45.2 Å². The number of hydrogen-bond donors (Lipinski definition) is 2. The average Bonchev–Trinajstić information content (AvgIpc) is 3.51. The maximum atomic E-state index is 14.4. The number of carbonyl (C=O) groups excluding carboxylic acids is 3. The number of hydrogen-bond acceptors (Lipinski definition) is 6. The van der Waals surface area contributed by atoms with E-state index in [1.54, 1.807) is 51.1 Å². The van der Waals surface area contributed by atoms with Crippen LogP contribution < -0.4 is 5.32 Å². The molecule has 0 saturated carbocycles. The molecule has 250 valence electrons. The number of likely N-dealkylation sites (N-methyl/N-ethyl adjacent to an activating group) is 1. The summed E-state index contributed by atoms with van der Waals surface area (Å²) in [5, 5.41) is 21.8. The molecule has 7 rings (SSSR count). The summed E-state index contributed by atoms with van der Waals surface area (Å²) in [6, 6.07) is 29.3. The maximum absolute atomic E-state index is 14.4. The highest BCUT2D eigenvalue weighted by Gasteiger charge is 2.50. The number of aromatic nitrogens is 2. The number of aromatic hydroxyl groups is 1. The Balaban J connectivity index is 1.21. The van der Waals surface area contributed by atoms with Gasteiger partial charge in [0.05, 0.1) is 31.3 Å². The van der Waals surface area contributed by atoms with Gasteiger partial charge in [0.2, 0.25) is 11.8 Å². The Labute approximate surface area is 284 Å². The summed E-state index contributed by atoms with van der Waals surface area (Å²) in [5.74, 6) is -0.307. The monoisotopic (exact) mass is 657 g/mol. The largest absolute Gasteiger partial charge is 0.508 e. The third-order valence-corrected chi connectivity index (χ3v) is 9.52. The Morgan fingerprint density at radius 2 is 1.61 bits per heavy atom. The van der Waals surface area contributed by atoms with Gasteiger partial charge in [0.25, 0.3) is 0 Å². The predicted octanol–water partition coefficient (Wildman–Crippen LogP) is 4.28. The van der Waals surface area contributed by atoms with Crippen LogP contribution in [-0.2, 0) is 35.6 Å². The summed E-state index contributed by atoms with van der Waals surface area (Å²) in [4.78, 5) is 45.3. The number of amides is 4. The minimum atomic E-state index is -0.850. The zero-order valence-corrected chi connectivity index (χ0v) is 27.6. The number of nitrogens with zero attached hydrogens (tertiary/aromatic N) is 6. The Morgan fingerprint density at radius 3 is 2.39 bits per heavy atom. The fourth-order valence-electron chi connectivity index (χ4n) is 6.94. The molecule has 0 radical (unpaired) electrons. The fraction of sp³-hybridized carbons (Fsp3) is 0.263. The van der Waals surface area contributed by atoms with E-state index in [1.807, 2.05) is 71.5 Å². The molecule has 4 aromatic carbocycles. The second-order valence-electron chi connectivity index (χ2n) is 12.8. The van der Waals surface area contributed by atoms with Gasteiger partial charge in [-0.2, -0.15) is 5.10 Å². The highest BCUT2D eigenvalue weighted by molar-refractivity contribution is 5.92. The molecule has 3 heterocycles. The maximum Gasteiger partial charge on any atom is 0.334 e. The van der Waals surface area contributed by atoms with Crippen molar-refractivity contribution in [1.29, 1.82) is 0 Å². The van der Waals surface area contributed by atoms with Crippen molar-refractivity contribution in [3.63, 3.8) is 0 Å². The molecule has 4 amide bonds. The number of carbonyl (C=O) groups is 3. The topological polar surface area (TPSA) is 114 Å². The van der Waals surface area contributed by atoms with Crippen LogP contribution in [0.4, 0.5) is 4.79 Å². The molecule has 2 aliphatic rings. The normalized spacial score (nSPS) is 18.2. The number of urea groups is 1. The SMILES string of the molecule is Cc1ccccc1Cn1ncc2c(CN3C[C@H]4N(C(=O)CN(C)N4C(=O)NCc4ccccc4)[C@@H](Cc4ccc(O)cc4)C3=O)cccc21. The fourth-order valence-corrected chi connectivity index (χ4v) is 6.94. The minimum Gasteiger partial charge on any atom is -0.508 e.